The monoisotopic (exact) mass is 311 g/mol. The molecule has 1 aliphatic rings. The van der Waals surface area contributed by atoms with Crippen molar-refractivity contribution in [3.63, 3.8) is 0 Å². The maximum absolute atomic E-state index is 12.6. The molecule has 1 aliphatic carbocycles. The minimum Gasteiger partial charge on any atom is -0.405 e. The van der Waals surface area contributed by atoms with Crippen LogP contribution in [-0.2, 0) is 6.42 Å². The van der Waals surface area contributed by atoms with Gasteiger partial charge in [0, 0.05) is 17.0 Å². The first-order valence-electron chi connectivity index (χ1n) is 7.33. The maximum Gasteiger partial charge on any atom is 0.573 e. The second-order valence-electron chi connectivity index (χ2n) is 5.44. The van der Waals surface area contributed by atoms with E-state index in [1.165, 1.54) is 12.1 Å². The van der Waals surface area contributed by atoms with Gasteiger partial charge in [-0.25, -0.2) is 0 Å². The van der Waals surface area contributed by atoms with E-state index in [1.54, 1.807) is 12.1 Å². The van der Waals surface area contributed by atoms with E-state index in [-0.39, 0.29) is 5.75 Å². The van der Waals surface area contributed by atoms with E-state index in [1.807, 2.05) is 6.92 Å². The zero-order valence-electron chi connectivity index (χ0n) is 12.1. The van der Waals surface area contributed by atoms with Crippen molar-refractivity contribution in [1.82, 2.24) is 5.16 Å². The highest BCUT2D eigenvalue weighted by molar-refractivity contribution is 5.70. The molecule has 2 aromatic rings. The summed E-state index contributed by atoms with van der Waals surface area (Å²) in [6.07, 6.45) is -1.04. The minimum absolute atomic E-state index is 0.247. The van der Waals surface area contributed by atoms with Crippen molar-refractivity contribution in [2.75, 3.05) is 0 Å². The molecule has 1 aromatic carbocycles. The second-order valence-corrected chi connectivity index (χ2v) is 5.44. The largest absolute Gasteiger partial charge is 0.573 e. The van der Waals surface area contributed by atoms with Crippen LogP contribution in [0.1, 0.15) is 43.4 Å². The molecule has 3 rings (SSSR count). The molecule has 1 fully saturated rings. The number of hydrogen-bond acceptors (Lipinski definition) is 3. The standard InChI is InChI=1S/C16H16F3NO2/c1-2-5-12-14(20-22-15(12)10-8-9-10)11-6-3-4-7-13(11)21-16(17,18)19/h3-4,6-7,10H,2,5,8-9H2,1H3. The fourth-order valence-electron chi connectivity index (χ4n) is 2.57. The van der Waals surface area contributed by atoms with E-state index in [4.69, 9.17) is 4.52 Å². The van der Waals surface area contributed by atoms with Crippen LogP contribution in [0.3, 0.4) is 0 Å². The lowest BCUT2D eigenvalue weighted by Gasteiger charge is -2.12. The van der Waals surface area contributed by atoms with Gasteiger partial charge in [-0.2, -0.15) is 0 Å². The van der Waals surface area contributed by atoms with E-state index in [9.17, 15) is 13.2 Å². The van der Waals surface area contributed by atoms with Gasteiger partial charge in [-0.15, -0.1) is 13.2 Å². The van der Waals surface area contributed by atoms with Crippen molar-refractivity contribution in [2.24, 2.45) is 0 Å². The number of ether oxygens (including phenoxy) is 1. The second kappa shape index (κ2) is 5.66. The average Bonchev–Trinajstić information content (AvgIpc) is 3.20. The Morgan fingerprint density at radius 1 is 1.27 bits per heavy atom. The van der Waals surface area contributed by atoms with Gasteiger partial charge in [0.1, 0.15) is 17.2 Å². The lowest BCUT2D eigenvalue weighted by atomic mass is 10.00. The zero-order chi connectivity index (χ0) is 15.7. The molecule has 0 amide bonds. The lowest BCUT2D eigenvalue weighted by molar-refractivity contribution is -0.274. The first-order valence-corrected chi connectivity index (χ1v) is 7.33. The van der Waals surface area contributed by atoms with Crippen molar-refractivity contribution in [3.05, 3.63) is 35.6 Å². The summed E-state index contributed by atoms with van der Waals surface area (Å²) in [6.45, 7) is 2.02. The fraction of sp³-hybridized carbons (Fsp3) is 0.438. The van der Waals surface area contributed by atoms with Crippen LogP contribution < -0.4 is 4.74 Å². The maximum atomic E-state index is 12.6. The smallest absolute Gasteiger partial charge is 0.405 e. The van der Waals surface area contributed by atoms with E-state index in [0.717, 1.165) is 37.0 Å². The Balaban J connectivity index is 2.04. The zero-order valence-corrected chi connectivity index (χ0v) is 12.1. The molecule has 0 aliphatic heterocycles. The van der Waals surface area contributed by atoms with Gasteiger partial charge in [-0.05, 0) is 31.4 Å². The predicted octanol–water partition coefficient (Wildman–Crippen LogP) is 5.07. The molecule has 22 heavy (non-hydrogen) atoms. The quantitative estimate of drug-likeness (QED) is 0.773. The SMILES string of the molecule is CCCc1c(-c2ccccc2OC(F)(F)F)noc1C1CC1. The van der Waals surface area contributed by atoms with Gasteiger partial charge >= 0.3 is 6.36 Å². The fourth-order valence-corrected chi connectivity index (χ4v) is 2.57. The molecule has 0 spiro atoms. The number of rotatable bonds is 5. The topological polar surface area (TPSA) is 35.3 Å². The molecule has 3 nitrogen and oxygen atoms in total. The summed E-state index contributed by atoms with van der Waals surface area (Å²) in [5.74, 6) is 0.931. The van der Waals surface area contributed by atoms with Gasteiger partial charge in [0.2, 0.25) is 0 Å². The Morgan fingerprint density at radius 3 is 2.64 bits per heavy atom. The van der Waals surface area contributed by atoms with Gasteiger partial charge in [0.15, 0.2) is 0 Å². The molecule has 1 aromatic heterocycles. The third-order valence-electron chi connectivity index (χ3n) is 3.63. The van der Waals surface area contributed by atoms with Gasteiger partial charge in [-0.1, -0.05) is 30.6 Å². The summed E-state index contributed by atoms with van der Waals surface area (Å²) < 4.78 is 47.2. The Kier molecular flexibility index (Phi) is 3.85. The van der Waals surface area contributed by atoms with E-state index < -0.39 is 6.36 Å². The van der Waals surface area contributed by atoms with Crippen LogP contribution in [0.5, 0.6) is 5.75 Å². The van der Waals surface area contributed by atoms with Crippen LogP contribution in [0.2, 0.25) is 0 Å². The molecule has 0 bridgehead atoms. The van der Waals surface area contributed by atoms with Crippen molar-refractivity contribution in [3.8, 4) is 17.0 Å². The van der Waals surface area contributed by atoms with Crippen molar-refractivity contribution in [2.45, 2.75) is 44.9 Å². The number of aromatic nitrogens is 1. The highest BCUT2D eigenvalue weighted by Crippen LogP contribution is 2.45. The summed E-state index contributed by atoms with van der Waals surface area (Å²) in [7, 11) is 0. The number of alkyl halides is 3. The predicted molar refractivity (Wildman–Crippen MR) is 74.6 cm³/mol. The third kappa shape index (κ3) is 3.10. The first-order chi connectivity index (χ1) is 10.5. The van der Waals surface area contributed by atoms with Gasteiger partial charge in [-0.3, -0.25) is 0 Å². The first kappa shape index (κ1) is 14.9. The molecule has 0 N–H and O–H groups in total. The number of para-hydroxylation sites is 1. The molecular weight excluding hydrogens is 295 g/mol. The Morgan fingerprint density at radius 2 is 2.00 bits per heavy atom. The third-order valence-corrected chi connectivity index (χ3v) is 3.63. The van der Waals surface area contributed by atoms with Gasteiger partial charge < -0.3 is 9.26 Å². The molecule has 118 valence electrons. The molecule has 0 unspecified atom stereocenters. The summed E-state index contributed by atoms with van der Waals surface area (Å²) >= 11 is 0. The molecule has 6 heteroatoms. The van der Waals surface area contributed by atoms with E-state index in [2.05, 4.69) is 9.89 Å². The number of halogens is 3. The molecule has 0 radical (unpaired) electrons. The van der Waals surface area contributed by atoms with E-state index in [0.29, 0.717) is 17.2 Å². The van der Waals surface area contributed by atoms with Crippen molar-refractivity contribution in [1.29, 1.82) is 0 Å². The molecular formula is C16H16F3NO2. The summed E-state index contributed by atoms with van der Waals surface area (Å²) in [6, 6.07) is 6.05. The number of hydrogen-bond donors (Lipinski definition) is 0. The van der Waals surface area contributed by atoms with Crippen LogP contribution >= 0.6 is 0 Å². The number of benzene rings is 1. The molecule has 1 saturated carbocycles. The Hall–Kier alpha value is -1.98. The Labute approximate surface area is 126 Å². The van der Waals surface area contributed by atoms with Crippen LogP contribution in [0.25, 0.3) is 11.3 Å². The highest BCUT2D eigenvalue weighted by Gasteiger charge is 2.35. The van der Waals surface area contributed by atoms with Crippen LogP contribution in [0, 0.1) is 0 Å². The van der Waals surface area contributed by atoms with E-state index >= 15 is 0 Å². The highest BCUT2D eigenvalue weighted by atomic mass is 19.4. The van der Waals surface area contributed by atoms with Gasteiger partial charge in [0.05, 0.1) is 0 Å². The molecule has 0 atom stereocenters. The summed E-state index contributed by atoms with van der Waals surface area (Å²) in [5, 5.41) is 4.03. The Bertz CT molecular complexity index is 660. The average molecular weight is 311 g/mol. The van der Waals surface area contributed by atoms with Gasteiger partial charge in [0.25, 0.3) is 0 Å². The molecule has 1 heterocycles. The van der Waals surface area contributed by atoms with Crippen LogP contribution in [0.15, 0.2) is 28.8 Å². The summed E-state index contributed by atoms with van der Waals surface area (Å²) in [5.41, 5.74) is 1.69. The van der Waals surface area contributed by atoms with Crippen LogP contribution in [0.4, 0.5) is 13.2 Å². The number of nitrogens with zero attached hydrogens (tertiary/aromatic N) is 1. The molecule has 0 saturated heterocycles. The normalized spacial score (nSPS) is 15.1. The van der Waals surface area contributed by atoms with Crippen molar-refractivity contribution >= 4 is 0 Å². The van der Waals surface area contributed by atoms with Crippen molar-refractivity contribution < 1.29 is 22.4 Å². The lowest BCUT2D eigenvalue weighted by Crippen LogP contribution is -2.17. The summed E-state index contributed by atoms with van der Waals surface area (Å²) in [4.78, 5) is 0. The van der Waals surface area contributed by atoms with Crippen LogP contribution in [-0.4, -0.2) is 11.5 Å². The minimum atomic E-state index is -4.73.